The van der Waals surface area contributed by atoms with Crippen molar-refractivity contribution in [2.75, 3.05) is 6.61 Å². The smallest absolute Gasteiger partial charge is 0.185 e. The first-order valence-electron chi connectivity index (χ1n) is 5.56. The van der Waals surface area contributed by atoms with Crippen LogP contribution in [0.3, 0.4) is 0 Å². The van der Waals surface area contributed by atoms with Gasteiger partial charge in [-0.1, -0.05) is 0 Å². The van der Waals surface area contributed by atoms with Gasteiger partial charge in [-0.3, -0.25) is 0 Å². The number of hydrogen-bond donors (Lipinski definition) is 0. The molecule has 0 spiro atoms. The minimum Gasteiger partial charge on any atom is -0.494 e. The molecule has 0 aliphatic carbocycles. The van der Waals surface area contributed by atoms with Crippen LogP contribution < -0.4 is 4.74 Å². The Hall–Kier alpha value is -1.51. The molecule has 0 unspecified atom stereocenters. The molecule has 0 aliphatic rings. The molecule has 0 saturated carbocycles. The fraction of sp³-hybridized carbons (Fsp3) is 0.462. The van der Waals surface area contributed by atoms with Crippen LogP contribution in [0.15, 0.2) is 29.3 Å². The minimum atomic E-state index is 0.159. The summed E-state index contributed by atoms with van der Waals surface area (Å²) in [7, 11) is 0. The SMILES string of the molecule is CCOc1ccc(N=C(C)OC(C)C)cc1. The van der Waals surface area contributed by atoms with E-state index in [1.165, 1.54) is 0 Å². The summed E-state index contributed by atoms with van der Waals surface area (Å²) in [6.45, 7) is 8.47. The molecule has 1 aromatic carbocycles. The van der Waals surface area contributed by atoms with Gasteiger partial charge >= 0.3 is 0 Å². The largest absolute Gasteiger partial charge is 0.494 e. The number of nitrogens with zero attached hydrogens (tertiary/aromatic N) is 1. The molecule has 16 heavy (non-hydrogen) atoms. The monoisotopic (exact) mass is 221 g/mol. The van der Waals surface area contributed by atoms with Gasteiger partial charge in [0.1, 0.15) is 5.75 Å². The predicted molar refractivity (Wildman–Crippen MR) is 66.6 cm³/mol. The zero-order valence-corrected chi connectivity index (χ0v) is 10.4. The first kappa shape index (κ1) is 12.6. The van der Waals surface area contributed by atoms with Gasteiger partial charge < -0.3 is 9.47 Å². The van der Waals surface area contributed by atoms with E-state index < -0.39 is 0 Å². The van der Waals surface area contributed by atoms with Gasteiger partial charge in [0.15, 0.2) is 5.90 Å². The molecule has 1 aromatic rings. The van der Waals surface area contributed by atoms with Crippen LogP contribution in [0.4, 0.5) is 5.69 Å². The van der Waals surface area contributed by atoms with Gasteiger partial charge in [-0.25, -0.2) is 4.99 Å². The van der Waals surface area contributed by atoms with E-state index in [9.17, 15) is 0 Å². The van der Waals surface area contributed by atoms with Crippen molar-refractivity contribution in [3.05, 3.63) is 24.3 Å². The molecule has 0 aromatic heterocycles. The lowest BCUT2D eigenvalue weighted by molar-refractivity contribution is 0.226. The number of ether oxygens (including phenoxy) is 2. The summed E-state index contributed by atoms with van der Waals surface area (Å²) >= 11 is 0. The van der Waals surface area contributed by atoms with Gasteiger partial charge in [0.2, 0.25) is 0 Å². The first-order chi connectivity index (χ1) is 7.61. The van der Waals surface area contributed by atoms with E-state index in [2.05, 4.69) is 4.99 Å². The molecule has 0 atom stereocenters. The minimum absolute atomic E-state index is 0.159. The van der Waals surface area contributed by atoms with Crippen molar-refractivity contribution in [2.45, 2.75) is 33.8 Å². The fourth-order valence-corrected chi connectivity index (χ4v) is 1.33. The molecule has 3 heteroatoms. The van der Waals surface area contributed by atoms with Crippen molar-refractivity contribution in [1.29, 1.82) is 0 Å². The average molecular weight is 221 g/mol. The maximum absolute atomic E-state index is 5.45. The molecule has 0 radical (unpaired) electrons. The highest BCUT2D eigenvalue weighted by atomic mass is 16.5. The zero-order chi connectivity index (χ0) is 12.0. The normalized spacial score (nSPS) is 11.7. The highest BCUT2D eigenvalue weighted by Crippen LogP contribution is 2.18. The molecule has 1 rings (SSSR count). The molecule has 3 nitrogen and oxygen atoms in total. The van der Waals surface area contributed by atoms with Crippen LogP contribution in [0.1, 0.15) is 27.7 Å². The van der Waals surface area contributed by atoms with Crippen LogP contribution >= 0.6 is 0 Å². The Balaban J connectivity index is 2.67. The average Bonchev–Trinajstić information content (AvgIpc) is 2.20. The Morgan fingerprint density at radius 2 is 1.88 bits per heavy atom. The molecule has 0 aliphatic heterocycles. The van der Waals surface area contributed by atoms with Crippen LogP contribution in [-0.4, -0.2) is 18.6 Å². The van der Waals surface area contributed by atoms with Gasteiger partial charge in [-0.15, -0.1) is 0 Å². The number of rotatable bonds is 4. The highest BCUT2D eigenvalue weighted by molar-refractivity contribution is 5.76. The van der Waals surface area contributed by atoms with E-state index in [1.54, 1.807) is 0 Å². The fourth-order valence-electron chi connectivity index (χ4n) is 1.33. The van der Waals surface area contributed by atoms with E-state index in [1.807, 2.05) is 52.0 Å². The molecule has 0 bridgehead atoms. The third kappa shape index (κ3) is 4.34. The number of benzene rings is 1. The number of aliphatic imine (C=N–C) groups is 1. The van der Waals surface area contributed by atoms with Crippen molar-refractivity contribution in [2.24, 2.45) is 4.99 Å². The molecular formula is C13H19NO2. The molecular weight excluding hydrogens is 202 g/mol. The Bertz CT molecular complexity index is 341. The summed E-state index contributed by atoms with van der Waals surface area (Å²) in [5.74, 6) is 1.54. The molecule has 0 N–H and O–H groups in total. The summed E-state index contributed by atoms with van der Waals surface area (Å²) in [5.41, 5.74) is 0.876. The van der Waals surface area contributed by atoms with Crippen LogP contribution in [0.5, 0.6) is 5.75 Å². The predicted octanol–water partition coefficient (Wildman–Crippen LogP) is 3.56. The Labute approximate surface area is 97.1 Å². The molecule has 0 heterocycles. The van der Waals surface area contributed by atoms with Crippen LogP contribution in [0.25, 0.3) is 0 Å². The maximum Gasteiger partial charge on any atom is 0.185 e. The van der Waals surface area contributed by atoms with E-state index in [4.69, 9.17) is 9.47 Å². The number of hydrogen-bond acceptors (Lipinski definition) is 3. The summed E-state index contributed by atoms with van der Waals surface area (Å²) in [5, 5.41) is 0. The van der Waals surface area contributed by atoms with Gasteiger partial charge in [0, 0.05) is 6.92 Å². The van der Waals surface area contributed by atoms with Crippen molar-refractivity contribution < 1.29 is 9.47 Å². The van der Waals surface area contributed by atoms with Gasteiger partial charge in [0.05, 0.1) is 18.4 Å². The quantitative estimate of drug-likeness (QED) is 0.575. The Morgan fingerprint density at radius 1 is 1.25 bits per heavy atom. The lowest BCUT2D eigenvalue weighted by atomic mass is 10.3. The van der Waals surface area contributed by atoms with Crippen LogP contribution in [-0.2, 0) is 4.74 Å². The van der Waals surface area contributed by atoms with Gasteiger partial charge in [-0.2, -0.15) is 0 Å². The third-order valence-corrected chi connectivity index (χ3v) is 1.84. The van der Waals surface area contributed by atoms with Crippen molar-refractivity contribution in [3.63, 3.8) is 0 Å². The van der Waals surface area contributed by atoms with E-state index in [0.29, 0.717) is 12.5 Å². The Kier molecular flexibility index (Phi) is 4.83. The van der Waals surface area contributed by atoms with Crippen LogP contribution in [0, 0.1) is 0 Å². The first-order valence-corrected chi connectivity index (χ1v) is 5.56. The molecule has 0 fully saturated rings. The highest BCUT2D eigenvalue weighted by Gasteiger charge is 1.98. The van der Waals surface area contributed by atoms with E-state index >= 15 is 0 Å². The summed E-state index contributed by atoms with van der Waals surface area (Å²) in [4.78, 5) is 4.34. The van der Waals surface area contributed by atoms with Gasteiger partial charge in [-0.05, 0) is 45.0 Å². The van der Waals surface area contributed by atoms with E-state index in [0.717, 1.165) is 11.4 Å². The summed E-state index contributed by atoms with van der Waals surface area (Å²) in [6.07, 6.45) is 0.159. The molecule has 0 saturated heterocycles. The summed E-state index contributed by atoms with van der Waals surface area (Å²) in [6, 6.07) is 7.65. The second-order valence-electron chi connectivity index (χ2n) is 3.72. The Morgan fingerprint density at radius 3 is 2.38 bits per heavy atom. The standard InChI is InChI=1S/C13H19NO2/c1-5-15-13-8-6-12(7-9-13)14-11(4)16-10(2)3/h6-10H,5H2,1-4H3. The second kappa shape index (κ2) is 6.16. The topological polar surface area (TPSA) is 30.8 Å². The zero-order valence-electron chi connectivity index (χ0n) is 10.4. The third-order valence-electron chi connectivity index (χ3n) is 1.84. The van der Waals surface area contributed by atoms with Crippen molar-refractivity contribution >= 4 is 11.6 Å². The second-order valence-corrected chi connectivity index (χ2v) is 3.72. The molecule has 88 valence electrons. The van der Waals surface area contributed by atoms with Gasteiger partial charge in [0.25, 0.3) is 0 Å². The lowest BCUT2D eigenvalue weighted by Gasteiger charge is -2.08. The van der Waals surface area contributed by atoms with Crippen molar-refractivity contribution in [1.82, 2.24) is 0 Å². The lowest BCUT2D eigenvalue weighted by Crippen LogP contribution is -2.07. The summed E-state index contributed by atoms with van der Waals surface area (Å²) < 4.78 is 10.8. The maximum atomic E-state index is 5.45. The van der Waals surface area contributed by atoms with E-state index in [-0.39, 0.29) is 6.10 Å². The van der Waals surface area contributed by atoms with Crippen molar-refractivity contribution in [3.8, 4) is 5.75 Å². The molecule has 0 amide bonds. The van der Waals surface area contributed by atoms with Crippen LogP contribution in [0.2, 0.25) is 0 Å².